The average Bonchev–Trinajstić information content (AvgIpc) is 2.48. The number of nitrogens with zero attached hydrogens (tertiary/aromatic N) is 3. The molecule has 9 heteroatoms. The second kappa shape index (κ2) is 6.35. The Hall–Kier alpha value is -2.42. The van der Waals surface area contributed by atoms with Gasteiger partial charge in [-0.25, -0.2) is 9.37 Å². The summed E-state index contributed by atoms with van der Waals surface area (Å²) in [5.41, 5.74) is -0.467. The van der Waals surface area contributed by atoms with Crippen molar-refractivity contribution in [1.29, 1.82) is 0 Å². The Morgan fingerprint density at radius 2 is 2.14 bits per heavy atom. The molecule has 1 heterocycles. The lowest BCUT2D eigenvalue weighted by molar-refractivity contribution is -0.385. The Morgan fingerprint density at radius 1 is 1.38 bits per heavy atom. The quantitative estimate of drug-likeness (QED) is 0.393. The van der Waals surface area contributed by atoms with Gasteiger partial charge < -0.3 is 10.1 Å². The maximum Gasteiger partial charge on any atom is 0.314 e. The van der Waals surface area contributed by atoms with E-state index in [2.05, 4.69) is 15.3 Å². The Kier molecular flexibility index (Phi) is 4.53. The molecule has 0 spiro atoms. The van der Waals surface area contributed by atoms with Crippen LogP contribution in [0.2, 0.25) is 0 Å². The molecule has 0 unspecified atom stereocenters. The first-order valence-electron chi connectivity index (χ1n) is 5.76. The normalized spacial score (nSPS) is 10.2. The molecule has 110 valence electrons. The van der Waals surface area contributed by atoms with Crippen LogP contribution < -0.4 is 10.1 Å². The lowest BCUT2D eigenvalue weighted by Crippen LogP contribution is -1.99. The standard InChI is InChI=1S/C12H11FN4O3S/c1-14-10-6-11(16-12(15-10)21-2)20-9-4-3-7(13)5-8(9)17(18)19/h3-6H,1-2H3,(H,14,15,16). The second-order valence-corrected chi connectivity index (χ2v) is 4.57. The van der Waals surface area contributed by atoms with Crippen LogP contribution in [0, 0.1) is 15.9 Å². The van der Waals surface area contributed by atoms with Crippen LogP contribution in [0.4, 0.5) is 15.9 Å². The van der Waals surface area contributed by atoms with E-state index >= 15 is 0 Å². The second-order valence-electron chi connectivity index (χ2n) is 3.80. The SMILES string of the molecule is CNc1cc(Oc2ccc(F)cc2[N+](=O)[O-])nc(SC)n1. The van der Waals surface area contributed by atoms with E-state index in [0.29, 0.717) is 11.0 Å². The van der Waals surface area contributed by atoms with E-state index in [4.69, 9.17) is 4.74 Å². The molecule has 1 N–H and O–H groups in total. The van der Waals surface area contributed by atoms with Crippen LogP contribution in [-0.2, 0) is 0 Å². The number of halogens is 1. The highest BCUT2D eigenvalue weighted by atomic mass is 32.2. The van der Waals surface area contributed by atoms with Crippen LogP contribution >= 0.6 is 11.8 Å². The van der Waals surface area contributed by atoms with Crippen LogP contribution in [0.15, 0.2) is 29.4 Å². The van der Waals surface area contributed by atoms with E-state index in [0.717, 1.165) is 12.1 Å². The monoisotopic (exact) mass is 310 g/mol. The van der Waals surface area contributed by atoms with E-state index in [9.17, 15) is 14.5 Å². The zero-order valence-electron chi connectivity index (χ0n) is 11.2. The number of hydrogen-bond donors (Lipinski definition) is 1. The van der Waals surface area contributed by atoms with Crippen LogP contribution in [0.3, 0.4) is 0 Å². The number of aromatic nitrogens is 2. The highest BCUT2D eigenvalue weighted by molar-refractivity contribution is 7.98. The summed E-state index contributed by atoms with van der Waals surface area (Å²) in [5.74, 6) is -0.158. The summed E-state index contributed by atoms with van der Waals surface area (Å²) >= 11 is 1.30. The highest BCUT2D eigenvalue weighted by Crippen LogP contribution is 2.32. The Bertz CT molecular complexity index is 661. The number of rotatable bonds is 5. The molecule has 0 atom stereocenters. The summed E-state index contributed by atoms with van der Waals surface area (Å²) in [4.78, 5) is 18.4. The molecule has 0 aliphatic rings. The zero-order valence-corrected chi connectivity index (χ0v) is 12.0. The smallest absolute Gasteiger partial charge is 0.314 e. The number of anilines is 1. The van der Waals surface area contributed by atoms with Gasteiger partial charge in [0.15, 0.2) is 5.16 Å². The minimum atomic E-state index is -0.714. The minimum Gasteiger partial charge on any atom is -0.432 e. The van der Waals surface area contributed by atoms with Crippen LogP contribution in [-0.4, -0.2) is 28.2 Å². The maximum absolute atomic E-state index is 13.1. The number of ether oxygens (including phenoxy) is 1. The fraction of sp³-hybridized carbons (Fsp3) is 0.167. The van der Waals surface area contributed by atoms with Gasteiger partial charge in [0.2, 0.25) is 11.6 Å². The van der Waals surface area contributed by atoms with Crippen molar-refractivity contribution < 1.29 is 14.1 Å². The summed E-state index contributed by atoms with van der Waals surface area (Å²) in [6, 6.07) is 4.56. The highest BCUT2D eigenvalue weighted by Gasteiger charge is 2.18. The molecular formula is C12H11FN4O3S. The number of benzene rings is 1. The summed E-state index contributed by atoms with van der Waals surface area (Å²) in [6.45, 7) is 0. The lowest BCUT2D eigenvalue weighted by Gasteiger charge is -2.08. The summed E-state index contributed by atoms with van der Waals surface area (Å²) in [6.07, 6.45) is 1.79. The zero-order chi connectivity index (χ0) is 15.4. The molecule has 2 aromatic rings. The van der Waals surface area contributed by atoms with Crippen molar-refractivity contribution in [3.05, 3.63) is 40.2 Å². The van der Waals surface area contributed by atoms with Crippen molar-refractivity contribution in [3.8, 4) is 11.6 Å². The van der Waals surface area contributed by atoms with Crippen molar-refractivity contribution >= 4 is 23.3 Å². The van der Waals surface area contributed by atoms with Crippen molar-refractivity contribution in [1.82, 2.24) is 9.97 Å². The van der Waals surface area contributed by atoms with Gasteiger partial charge in [0.1, 0.15) is 11.6 Å². The van der Waals surface area contributed by atoms with Gasteiger partial charge in [0, 0.05) is 13.1 Å². The fourth-order valence-corrected chi connectivity index (χ4v) is 1.88. The minimum absolute atomic E-state index is 0.0887. The van der Waals surface area contributed by atoms with Crippen molar-refractivity contribution in [2.45, 2.75) is 5.16 Å². The van der Waals surface area contributed by atoms with Gasteiger partial charge in [0.05, 0.1) is 11.0 Å². The molecule has 0 aliphatic heterocycles. The molecule has 21 heavy (non-hydrogen) atoms. The third kappa shape index (κ3) is 3.57. The maximum atomic E-state index is 13.1. The largest absolute Gasteiger partial charge is 0.432 e. The van der Waals surface area contributed by atoms with Crippen LogP contribution in [0.25, 0.3) is 0 Å². The molecule has 0 saturated heterocycles. The van der Waals surface area contributed by atoms with Gasteiger partial charge in [-0.05, 0) is 18.4 Å². The number of hydrogen-bond acceptors (Lipinski definition) is 7. The van der Waals surface area contributed by atoms with Crippen molar-refractivity contribution in [2.24, 2.45) is 0 Å². The molecule has 0 saturated carbocycles. The lowest BCUT2D eigenvalue weighted by atomic mass is 10.3. The molecule has 0 fully saturated rings. The molecule has 7 nitrogen and oxygen atoms in total. The van der Waals surface area contributed by atoms with Crippen LogP contribution in [0.5, 0.6) is 11.6 Å². The van der Waals surface area contributed by atoms with Gasteiger partial charge >= 0.3 is 5.69 Å². The number of nitro groups is 1. The average molecular weight is 310 g/mol. The number of thioether (sulfide) groups is 1. The van der Waals surface area contributed by atoms with E-state index < -0.39 is 16.4 Å². The van der Waals surface area contributed by atoms with Gasteiger partial charge in [0.25, 0.3) is 0 Å². The van der Waals surface area contributed by atoms with E-state index in [-0.39, 0.29) is 11.6 Å². The van der Waals surface area contributed by atoms with Gasteiger partial charge in [-0.15, -0.1) is 0 Å². The summed E-state index contributed by atoms with van der Waals surface area (Å²) in [5, 5.41) is 14.2. The van der Waals surface area contributed by atoms with Gasteiger partial charge in [-0.1, -0.05) is 11.8 Å². The van der Waals surface area contributed by atoms with E-state index in [1.165, 1.54) is 23.9 Å². The van der Waals surface area contributed by atoms with Crippen molar-refractivity contribution in [3.63, 3.8) is 0 Å². The molecule has 0 bridgehead atoms. The predicted molar refractivity (Wildman–Crippen MR) is 76.5 cm³/mol. The van der Waals surface area contributed by atoms with Gasteiger partial charge in [-0.3, -0.25) is 10.1 Å². The number of nitrogens with one attached hydrogen (secondary N) is 1. The topological polar surface area (TPSA) is 90.2 Å². The summed E-state index contributed by atoms with van der Waals surface area (Å²) in [7, 11) is 1.68. The Balaban J connectivity index is 2.40. The van der Waals surface area contributed by atoms with E-state index in [1.54, 1.807) is 13.3 Å². The first kappa shape index (κ1) is 15.0. The molecule has 1 aromatic carbocycles. The van der Waals surface area contributed by atoms with Crippen LogP contribution in [0.1, 0.15) is 0 Å². The molecule has 0 amide bonds. The molecular weight excluding hydrogens is 299 g/mol. The third-order valence-electron chi connectivity index (χ3n) is 2.45. The Morgan fingerprint density at radius 3 is 2.76 bits per heavy atom. The molecule has 2 rings (SSSR count). The fourth-order valence-electron chi connectivity index (χ4n) is 1.51. The van der Waals surface area contributed by atoms with Crippen molar-refractivity contribution in [2.75, 3.05) is 18.6 Å². The summed E-state index contributed by atoms with van der Waals surface area (Å²) < 4.78 is 18.5. The third-order valence-corrected chi connectivity index (χ3v) is 3.00. The van der Waals surface area contributed by atoms with Gasteiger partial charge in [-0.2, -0.15) is 4.98 Å². The molecule has 0 radical (unpaired) electrons. The first-order chi connectivity index (χ1) is 10.0. The molecule has 0 aliphatic carbocycles. The number of nitro benzene ring substituents is 1. The first-order valence-corrected chi connectivity index (χ1v) is 6.98. The predicted octanol–water partition coefficient (Wildman–Crippen LogP) is 3.08. The Labute approximate surface area is 123 Å². The molecule has 1 aromatic heterocycles. The van der Waals surface area contributed by atoms with E-state index in [1.807, 2.05) is 0 Å².